The van der Waals surface area contributed by atoms with E-state index in [4.69, 9.17) is 4.84 Å². The SMILES string of the molecule is C[C@]12CCCCC1CC[C@@H]1[C@H]2CC[C@]2(C)C(CCCON3CCCC3)CC[C@@H]12. The molecule has 4 aliphatic carbocycles. The number of nitrogens with zero attached hydrogens (tertiary/aromatic N) is 1. The van der Waals surface area contributed by atoms with Gasteiger partial charge in [0.05, 0.1) is 6.61 Å². The fourth-order valence-electron chi connectivity index (χ4n) is 9.22. The van der Waals surface area contributed by atoms with Crippen molar-refractivity contribution in [3.05, 3.63) is 0 Å². The van der Waals surface area contributed by atoms with Gasteiger partial charge in [-0.1, -0.05) is 26.7 Å². The maximum Gasteiger partial charge on any atom is 0.0685 e. The lowest BCUT2D eigenvalue weighted by Crippen LogP contribution is -2.52. The molecule has 0 aromatic rings. The van der Waals surface area contributed by atoms with E-state index in [0.717, 1.165) is 49.3 Å². The van der Waals surface area contributed by atoms with Gasteiger partial charge in [0.25, 0.3) is 0 Å². The van der Waals surface area contributed by atoms with Crippen molar-refractivity contribution in [2.75, 3.05) is 19.7 Å². The second kappa shape index (κ2) is 7.88. The molecule has 0 aromatic carbocycles. The Morgan fingerprint density at radius 1 is 0.786 bits per heavy atom. The Morgan fingerprint density at radius 3 is 2.46 bits per heavy atom. The standard InChI is InChI=1S/C26H45NO/c1-25-15-4-3-8-20(25)10-12-22-23-13-11-21(26(23,2)16-14-24(22)25)9-7-19-28-27-17-5-6-18-27/h20-24H,3-19H2,1-2H3/t20?,21?,22-,23-,24+,25-,26+/m0/s1. The average molecular weight is 388 g/mol. The van der Waals surface area contributed by atoms with Gasteiger partial charge >= 0.3 is 0 Å². The number of fused-ring (bicyclic) bond motifs is 5. The number of hydrogen-bond acceptors (Lipinski definition) is 2. The van der Waals surface area contributed by atoms with E-state index in [1.807, 2.05) is 0 Å². The van der Waals surface area contributed by atoms with E-state index in [1.165, 1.54) is 57.8 Å². The highest BCUT2D eigenvalue weighted by Crippen LogP contribution is 2.67. The normalized spacial score (nSPS) is 48.9. The summed E-state index contributed by atoms with van der Waals surface area (Å²) in [5, 5.41) is 2.22. The van der Waals surface area contributed by atoms with Crippen molar-refractivity contribution in [3.63, 3.8) is 0 Å². The first-order valence-electron chi connectivity index (χ1n) is 13.0. The maximum atomic E-state index is 6.02. The smallest absolute Gasteiger partial charge is 0.0685 e. The van der Waals surface area contributed by atoms with Gasteiger partial charge in [0.1, 0.15) is 0 Å². The van der Waals surface area contributed by atoms with E-state index in [2.05, 4.69) is 18.9 Å². The van der Waals surface area contributed by atoms with Crippen LogP contribution in [0.1, 0.15) is 104 Å². The van der Waals surface area contributed by atoms with E-state index >= 15 is 0 Å². The molecule has 5 fully saturated rings. The predicted molar refractivity (Wildman–Crippen MR) is 116 cm³/mol. The van der Waals surface area contributed by atoms with Crippen molar-refractivity contribution in [1.82, 2.24) is 5.06 Å². The number of hydrogen-bond donors (Lipinski definition) is 0. The minimum Gasteiger partial charge on any atom is -0.299 e. The van der Waals surface area contributed by atoms with Gasteiger partial charge in [0.15, 0.2) is 0 Å². The van der Waals surface area contributed by atoms with Gasteiger partial charge in [-0.05, 0) is 117 Å². The summed E-state index contributed by atoms with van der Waals surface area (Å²) in [5.41, 5.74) is 1.34. The van der Waals surface area contributed by atoms with Gasteiger partial charge in [0.2, 0.25) is 0 Å². The third-order valence-corrected chi connectivity index (χ3v) is 10.8. The van der Waals surface area contributed by atoms with Gasteiger partial charge in [0, 0.05) is 13.1 Å². The monoisotopic (exact) mass is 387 g/mol. The minimum absolute atomic E-state index is 0.646. The second-order valence-corrected chi connectivity index (χ2v) is 11.8. The van der Waals surface area contributed by atoms with Gasteiger partial charge in [-0.25, -0.2) is 0 Å². The Balaban J connectivity index is 1.20. The molecule has 0 radical (unpaired) electrons. The number of hydroxylamine groups is 2. The van der Waals surface area contributed by atoms with E-state index in [9.17, 15) is 0 Å². The Bertz CT molecular complexity index is 543. The zero-order chi connectivity index (χ0) is 19.2. The molecule has 0 N–H and O–H groups in total. The maximum absolute atomic E-state index is 6.02. The molecule has 2 heteroatoms. The molecule has 0 aromatic heterocycles. The van der Waals surface area contributed by atoms with E-state index in [0.29, 0.717) is 10.8 Å². The van der Waals surface area contributed by atoms with Gasteiger partial charge in [-0.3, -0.25) is 4.84 Å². The topological polar surface area (TPSA) is 12.5 Å². The highest BCUT2D eigenvalue weighted by Gasteiger charge is 2.59. The van der Waals surface area contributed by atoms with Crippen LogP contribution in [0.5, 0.6) is 0 Å². The highest BCUT2D eigenvalue weighted by molar-refractivity contribution is 5.08. The molecule has 2 unspecified atom stereocenters. The third-order valence-electron chi connectivity index (χ3n) is 10.8. The summed E-state index contributed by atoms with van der Waals surface area (Å²) in [6, 6.07) is 0. The Labute approximate surface area is 174 Å². The molecule has 7 atom stereocenters. The van der Waals surface area contributed by atoms with Crippen LogP contribution >= 0.6 is 0 Å². The van der Waals surface area contributed by atoms with Crippen LogP contribution in [-0.2, 0) is 4.84 Å². The summed E-state index contributed by atoms with van der Waals surface area (Å²) in [6.07, 6.45) is 20.7. The van der Waals surface area contributed by atoms with E-state index in [1.54, 1.807) is 32.1 Å². The van der Waals surface area contributed by atoms with Crippen LogP contribution in [0.3, 0.4) is 0 Å². The summed E-state index contributed by atoms with van der Waals surface area (Å²) >= 11 is 0. The van der Waals surface area contributed by atoms with Gasteiger partial charge in [-0.15, -0.1) is 0 Å². The summed E-state index contributed by atoms with van der Waals surface area (Å²) < 4.78 is 0. The van der Waals surface area contributed by atoms with Crippen molar-refractivity contribution in [1.29, 1.82) is 0 Å². The van der Waals surface area contributed by atoms with Crippen LogP contribution in [-0.4, -0.2) is 24.8 Å². The van der Waals surface area contributed by atoms with Crippen LogP contribution in [0.4, 0.5) is 0 Å². The Morgan fingerprint density at radius 2 is 1.61 bits per heavy atom. The summed E-state index contributed by atoms with van der Waals surface area (Å²) in [6.45, 7) is 8.71. The molecule has 5 rings (SSSR count). The highest BCUT2D eigenvalue weighted by atomic mass is 16.7. The Hall–Kier alpha value is -0.0800. The second-order valence-electron chi connectivity index (χ2n) is 11.8. The lowest BCUT2D eigenvalue weighted by atomic mass is 9.45. The van der Waals surface area contributed by atoms with Crippen LogP contribution in [0, 0.1) is 40.4 Å². The molecule has 1 saturated heterocycles. The molecule has 5 aliphatic rings. The first kappa shape index (κ1) is 19.9. The summed E-state index contributed by atoms with van der Waals surface area (Å²) in [7, 11) is 0. The lowest BCUT2D eigenvalue weighted by Gasteiger charge is -2.60. The van der Waals surface area contributed by atoms with Crippen molar-refractivity contribution < 1.29 is 4.84 Å². The van der Waals surface area contributed by atoms with E-state index in [-0.39, 0.29) is 0 Å². The third kappa shape index (κ3) is 3.29. The number of rotatable bonds is 5. The van der Waals surface area contributed by atoms with Crippen molar-refractivity contribution >= 4 is 0 Å². The molecule has 0 bridgehead atoms. The van der Waals surface area contributed by atoms with E-state index < -0.39 is 0 Å². The predicted octanol–water partition coefficient (Wildman–Crippen LogP) is 6.84. The van der Waals surface area contributed by atoms with Crippen molar-refractivity contribution in [3.8, 4) is 0 Å². The van der Waals surface area contributed by atoms with Crippen LogP contribution in [0.2, 0.25) is 0 Å². The average Bonchev–Trinajstić information content (AvgIpc) is 3.32. The van der Waals surface area contributed by atoms with Crippen LogP contribution in [0.15, 0.2) is 0 Å². The molecule has 2 nitrogen and oxygen atoms in total. The fraction of sp³-hybridized carbons (Fsp3) is 1.00. The molecule has 0 amide bonds. The van der Waals surface area contributed by atoms with Crippen molar-refractivity contribution in [2.45, 2.75) is 104 Å². The van der Waals surface area contributed by atoms with Crippen molar-refractivity contribution in [2.24, 2.45) is 40.4 Å². The summed E-state index contributed by atoms with van der Waals surface area (Å²) in [5.74, 6) is 5.19. The molecule has 1 heterocycles. The molecule has 28 heavy (non-hydrogen) atoms. The molecular weight excluding hydrogens is 342 g/mol. The molecule has 0 spiro atoms. The molecule has 4 saturated carbocycles. The summed E-state index contributed by atoms with van der Waals surface area (Å²) in [4.78, 5) is 6.02. The molecule has 160 valence electrons. The largest absolute Gasteiger partial charge is 0.299 e. The van der Waals surface area contributed by atoms with Gasteiger partial charge < -0.3 is 0 Å². The minimum atomic E-state index is 0.646. The molecular formula is C26H45NO. The fourth-order valence-corrected chi connectivity index (χ4v) is 9.22. The molecule has 1 aliphatic heterocycles. The lowest BCUT2D eigenvalue weighted by molar-refractivity contribution is -0.145. The zero-order valence-corrected chi connectivity index (χ0v) is 18.8. The van der Waals surface area contributed by atoms with Crippen LogP contribution < -0.4 is 0 Å². The van der Waals surface area contributed by atoms with Gasteiger partial charge in [-0.2, -0.15) is 5.06 Å². The first-order valence-corrected chi connectivity index (χ1v) is 13.0. The Kier molecular flexibility index (Phi) is 5.59. The zero-order valence-electron chi connectivity index (χ0n) is 18.8. The van der Waals surface area contributed by atoms with Crippen LogP contribution in [0.25, 0.3) is 0 Å². The first-order chi connectivity index (χ1) is 13.6. The quantitative estimate of drug-likeness (QED) is 0.479.